The van der Waals surface area contributed by atoms with Crippen molar-refractivity contribution in [3.63, 3.8) is 0 Å². The molecule has 0 aliphatic heterocycles. The molecule has 3 N–H and O–H groups in total. The fourth-order valence-electron chi connectivity index (χ4n) is 1.60. The number of carboxylic acids is 1. The van der Waals surface area contributed by atoms with Crippen molar-refractivity contribution in [3.8, 4) is 0 Å². The van der Waals surface area contributed by atoms with E-state index in [1.165, 1.54) is 19.1 Å². The molecule has 0 aromatic rings. The molecule has 2 amide bonds. The van der Waals surface area contributed by atoms with Gasteiger partial charge >= 0.3 is 12.0 Å². The van der Waals surface area contributed by atoms with Crippen molar-refractivity contribution in [1.29, 1.82) is 0 Å². The van der Waals surface area contributed by atoms with E-state index in [0.29, 0.717) is 19.4 Å². The first kappa shape index (κ1) is 17.7. The van der Waals surface area contributed by atoms with Gasteiger partial charge in [-0.25, -0.2) is 9.59 Å². The molecule has 1 atom stereocenters. The van der Waals surface area contributed by atoms with Crippen molar-refractivity contribution < 1.29 is 24.5 Å². The van der Waals surface area contributed by atoms with Crippen LogP contribution in [0.15, 0.2) is 0 Å². The largest absolute Gasteiger partial charge is 0.480 e. The molecule has 0 saturated heterocycles. The van der Waals surface area contributed by atoms with Gasteiger partial charge in [-0.15, -0.1) is 0 Å². The molecule has 112 valence electrons. The summed E-state index contributed by atoms with van der Waals surface area (Å²) in [5, 5.41) is 21.0. The van der Waals surface area contributed by atoms with Gasteiger partial charge in [0.25, 0.3) is 0 Å². The highest BCUT2D eigenvalue weighted by Gasteiger charge is 2.24. The second-order valence-electron chi connectivity index (χ2n) is 5.14. The second kappa shape index (κ2) is 7.96. The topological polar surface area (TPSA) is 99.1 Å². The Hall–Kier alpha value is -1.34. The average molecular weight is 276 g/mol. The number of aliphatic carboxylic acids is 1. The zero-order chi connectivity index (χ0) is 15.1. The predicted octanol–water partition coefficient (Wildman–Crippen LogP) is 0.279. The monoisotopic (exact) mass is 276 g/mol. The smallest absolute Gasteiger partial charge is 0.326 e. The summed E-state index contributed by atoms with van der Waals surface area (Å²) in [5.74, 6) is -1.08. The lowest BCUT2D eigenvalue weighted by Gasteiger charge is -2.27. The molecule has 0 heterocycles. The van der Waals surface area contributed by atoms with Crippen LogP contribution in [0.1, 0.15) is 26.7 Å². The second-order valence-corrected chi connectivity index (χ2v) is 5.14. The molecular formula is C12H24N2O5. The number of hydrogen-bond acceptors (Lipinski definition) is 4. The fourth-order valence-corrected chi connectivity index (χ4v) is 1.60. The van der Waals surface area contributed by atoms with Gasteiger partial charge in [-0.05, 0) is 26.7 Å². The van der Waals surface area contributed by atoms with Crippen LogP contribution < -0.4 is 5.32 Å². The summed E-state index contributed by atoms with van der Waals surface area (Å²) in [6.07, 6.45) is 0.841. The number of urea groups is 1. The number of likely N-dealkylation sites (N-methyl/N-ethyl adjacent to an activating group) is 1. The zero-order valence-corrected chi connectivity index (χ0v) is 12.0. The number of aliphatic hydroxyl groups is 1. The van der Waals surface area contributed by atoms with Crippen LogP contribution in [0.3, 0.4) is 0 Å². The molecule has 7 nitrogen and oxygen atoms in total. The maximum Gasteiger partial charge on any atom is 0.326 e. The van der Waals surface area contributed by atoms with Crippen molar-refractivity contribution in [2.75, 3.05) is 27.3 Å². The molecule has 7 heteroatoms. The Morgan fingerprint density at radius 1 is 1.42 bits per heavy atom. The summed E-state index contributed by atoms with van der Waals surface area (Å²) < 4.78 is 4.84. The summed E-state index contributed by atoms with van der Waals surface area (Å²) in [6, 6.07) is -1.47. The van der Waals surface area contributed by atoms with Gasteiger partial charge in [-0.1, -0.05) is 0 Å². The van der Waals surface area contributed by atoms with E-state index in [1.54, 1.807) is 13.8 Å². The first-order valence-electron chi connectivity index (χ1n) is 6.13. The third kappa shape index (κ3) is 8.39. The Bertz CT molecular complexity index is 301. The van der Waals surface area contributed by atoms with Gasteiger partial charge in [-0.3, -0.25) is 0 Å². The van der Waals surface area contributed by atoms with Crippen LogP contribution in [-0.2, 0) is 9.53 Å². The number of nitrogens with one attached hydrogen (secondary N) is 1. The lowest BCUT2D eigenvalue weighted by molar-refractivity contribution is -0.139. The minimum atomic E-state index is -1.08. The van der Waals surface area contributed by atoms with E-state index in [4.69, 9.17) is 9.84 Å². The van der Waals surface area contributed by atoms with Crippen LogP contribution in [-0.4, -0.2) is 66.1 Å². The standard InChI is InChI=1S/C12H24N2O5/c1-12(2,18)8-14(3)11(17)13-9(10(15)16)6-5-7-19-4/h9,18H,5-8H2,1-4H3,(H,13,17)(H,15,16). The summed E-state index contributed by atoms with van der Waals surface area (Å²) in [7, 11) is 3.03. The van der Waals surface area contributed by atoms with Crippen LogP contribution in [0.5, 0.6) is 0 Å². The average Bonchev–Trinajstić information content (AvgIpc) is 2.25. The van der Waals surface area contributed by atoms with E-state index >= 15 is 0 Å². The number of nitrogens with zero attached hydrogens (tertiary/aromatic N) is 1. The Labute approximate surface area is 113 Å². The summed E-state index contributed by atoms with van der Waals surface area (Å²) in [6.45, 7) is 3.70. The highest BCUT2D eigenvalue weighted by atomic mass is 16.5. The van der Waals surface area contributed by atoms with Gasteiger partial charge in [0.2, 0.25) is 0 Å². The van der Waals surface area contributed by atoms with Crippen molar-refractivity contribution in [3.05, 3.63) is 0 Å². The minimum absolute atomic E-state index is 0.114. The van der Waals surface area contributed by atoms with Gasteiger partial charge in [0.15, 0.2) is 0 Å². The Morgan fingerprint density at radius 3 is 2.42 bits per heavy atom. The highest BCUT2D eigenvalue weighted by Crippen LogP contribution is 2.04. The van der Waals surface area contributed by atoms with Crippen molar-refractivity contribution in [1.82, 2.24) is 10.2 Å². The van der Waals surface area contributed by atoms with Gasteiger partial charge in [0, 0.05) is 20.8 Å². The van der Waals surface area contributed by atoms with Gasteiger partial charge < -0.3 is 25.2 Å². The number of amides is 2. The zero-order valence-electron chi connectivity index (χ0n) is 12.0. The van der Waals surface area contributed by atoms with Crippen LogP contribution in [0.25, 0.3) is 0 Å². The van der Waals surface area contributed by atoms with Crippen LogP contribution in [0, 0.1) is 0 Å². The Morgan fingerprint density at radius 2 is 2.00 bits per heavy atom. The maximum atomic E-state index is 11.8. The third-order valence-corrected chi connectivity index (χ3v) is 2.41. The van der Waals surface area contributed by atoms with E-state index in [9.17, 15) is 14.7 Å². The number of carboxylic acid groups (broad SMARTS) is 1. The van der Waals surface area contributed by atoms with E-state index in [-0.39, 0.29) is 6.54 Å². The van der Waals surface area contributed by atoms with Crippen LogP contribution in [0.4, 0.5) is 4.79 Å². The van der Waals surface area contributed by atoms with E-state index in [1.807, 2.05) is 0 Å². The molecular weight excluding hydrogens is 252 g/mol. The lowest BCUT2D eigenvalue weighted by atomic mass is 10.1. The van der Waals surface area contributed by atoms with Gasteiger partial charge in [-0.2, -0.15) is 0 Å². The molecule has 0 fully saturated rings. The number of rotatable bonds is 8. The molecule has 0 saturated carbocycles. The number of carbonyl (C=O) groups excluding carboxylic acids is 1. The quantitative estimate of drug-likeness (QED) is 0.553. The summed E-state index contributed by atoms with van der Waals surface area (Å²) >= 11 is 0. The minimum Gasteiger partial charge on any atom is -0.480 e. The third-order valence-electron chi connectivity index (χ3n) is 2.41. The van der Waals surface area contributed by atoms with Gasteiger partial charge in [0.1, 0.15) is 6.04 Å². The molecule has 0 aliphatic rings. The summed E-state index contributed by atoms with van der Waals surface area (Å²) in [4.78, 5) is 24.0. The highest BCUT2D eigenvalue weighted by molar-refractivity contribution is 5.82. The first-order valence-corrected chi connectivity index (χ1v) is 6.13. The number of carbonyl (C=O) groups is 2. The van der Waals surface area contributed by atoms with Crippen molar-refractivity contribution in [2.45, 2.75) is 38.3 Å². The van der Waals surface area contributed by atoms with Crippen LogP contribution >= 0.6 is 0 Å². The molecule has 0 aromatic heterocycles. The first-order chi connectivity index (χ1) is 8.67. The van der Waals surface area contributed by atoms with Gasteiger partial charge in [0.05, 0.1) is 12.1 Å². The SMILES string of the molecule is COCCCC(NC(=O)N(C)CC(C)(C)O)C(=O)O. The normalized spacial score (nSPS) is 12.9. The lowest BCUT2D eigenvalue weighted by Crippen LogP contribution is -2.50. The molecule has 0 aliphatic carbocycles. The van der Waals surface area contributed by atoms with Crippen molar-refractivity contribution in [2.24, 2.45) is 0 Å². The fraction of sp³-hybridized carbons (Fsp3) is 0.833. The van der Waals surface area contributed by atoms with Crippen LogP contribution in [0.2, 0.25) is 0 Å². The maximum absolute atomic E-state index is 11.8. The summed E-state index contributed by atoms with van der Waals surface area (Å²) in [5.41, 5.74) is -1.03. The number of methoxy groups -OCH3 is 1. The van der Waals surface area contributed by atoms with E-state index in [0.717, 1.165) is 0 Å². The molecule has 0 radical (unpaired) electrons. The molecule has 1 unspecified atom stereocenters. The predicted molar refractivity (Wildman–Crippen MR) is 70.0 cm³/mol. The molecule has 19 heavy (non-hydrogen) atoms. The number of ether oxygens (including phenoxy) is 1. The molecule has 0 aromatic carbocycles. The van der Waals surface area contributed by atoms with E-state index < -0.39 is 23.6 Å². The molecule has 0 rings (SSSR count). The Kier molecular flexibility index (Phi) is 7.40. The van der Waals surface area contributed by atoms with Crippen molar-refractivity contribution >= 4 is 12.0 Å². The van der Waals surface area contributed by atoms with E-state index in [2.05, 4.69) is 5.32 Å². The molecule has 0 spiro atoms. The Balaban J connectivity index is 4.34. The molecule has 0 bridgehead atoms. The number of hydrogen-bond donors (Lipinski definition) is 3.